The van der Waals surface area contributed by atoms with E-state index in [-0.39, 0.29) is 12.8 Å². The summed E-state index contributed by atoms with van der Waals surface area (Å²) in [5.41, 5.74) is 0.365. The maximum Gasteiger partial charge on any atom is 0.453 e. The number of likely N-dealkylation sites (tertiary alicyclic amines) is 1. The molecule has 1 fully saturated rings. The average Bonchev–Trinajstić information content (AvgIpc) is 3.31. The van der Waals surface area contributed by atoms with E-state index in [0.717, 1.165) is 0 Å². The van der Waals surface area contributed by atoms with Crippen LogP contribution in [0.3, 0.4) is 0 Å². The first-order valence-corrected chi connectivity index (χ1v) is 12.2. The highest BCUT2D eigenvalue weighted by Crippen LogP contribution is 2.58. The summed E-state index contributed by atoms with van der Waals surface area (Å²) in [5, 5.41) is 0. The second-order valence-electron chi connectivity index (χ2n) is 7.52. The van der Waals surface area contributed by atoms with Crippen molar-refractivity contribution in [3.8, 4) is 11.5 Å². The highest BCUT2D eigenvalue weighted by atomic mass is 31.2. The van der Waals surface area contributed by atoms with Crippen LogP contribution in [-0.4, -0.2) is 35.7 Å². The van der Waals surface area contributed by atoms with Gasteiger partial charge in [0.2, 0.25) is 0 Å². The van der Waals surface area contributed by atoms with E-state index >= 15 is 0 Å². The van der Waals surface area contributed by atoms with Crippen molar-refractivity contribution >= 4 is 19.5 Å². The summed E-state index contributed by atoms with van der Waals surface area (Å²) in [6.45, 7) is 0. The Morgan fingerprint density at radius 2 is 1.27 bits per heavy atom. The van der Waals surface area contributed by atoms with E-state index in [1.54, 1.807) is 78.9 Å². The highest BCUT2D eigenvalue weighted by Gasteiger charge is 2.53. The lowest BCUT2D eigenvalue weighted by Crippen LogP contribution is -2.46. The van der Waals surface area contributed by atoms with Gasteiger partial charge in [0, 0.05) is 5.56 Å². The molecule has 33 heavy (non-hydrogen) atoms. The molecule has 3 aromatic carbocycles. The van der Waals surface area contributed by atoms with Gasteiger partial charge >= 0.3 is 13.6 Å². The third-order valence-electron chi connectivity index (χ3n) is 5.40. The van der Waals surface area contributed by atoms with Gasteiger partial charge in [-0.05, 0) is 49.2 Å². The van der Waals surface area contributed by atoms with Crippen molar-refractivity contribution in [2.75, 3.05) is 7.11 Å². The van der Waals surface area contributed by atoms with E-state index in [2.05, 4.69) is 0 Å². The minimum atomic E-state index is -4.03. The van der Waals surface area contributed by atoms with Gasteiger partial charge in [-0.25, -0.2) is 9.36 Å². The van der Waals surface area contributed by atoms with Crippen LogP contribution in [-0.2, 0) is 14.1 Å². The van der Waals surface area contributed by atoms with Crippen LogP contribution in [0, 0.1) is 0 Å². The Labute approximate surface area is 192 Å². The lowest BCUT2D eigenvalue weighted by atomic mass is 10.1. The minimum Gasteiger partial charge on any atom is -0.467 e. The van der Waals surface area contributed by atoms with E-state index < -0.39 is 31.3 Å². The summed E-state index contributed by atoms with van der Waals surface area (Å²) in [6.07, 6.45) is 0.519. The van der Waals surface area contributed by atoms with E-state index in [9.17, 15) is 14.2 Å². The van der Waals surface area contributed by atoms with Crippen LogP contribution in [0.5, 0.6) is 11.5 Å². The number of para-hydroxylation sites is 2. The molecule has 0 N–H and O–H groups in total. The fourth-order valence-electron chi connectivity index (χ4n) is 3.87. The summed E-state index contributed by atoms with van der Waals surface area (Å²) >= 11 is 0. The Morgan fingerprint density at radius 3 is 1.76 bits per heavy atom. The average molecular weight is 465 g/mol. The maximum atomic E-state index is 14.4. The van der Waals surface area contributed by atoms with Gasteiger partial charge in [0.1, 0.15) is 17.5 Å². The molecule has 0 bridgehead atoms. The van der Waals surface area contributed by atoms with E-state index in [4.69, 9.17) is 13.8 Å². The van der Waals surface area contributed by atoms with Crippen molar-refractivity contribution in [1.29, 1.82) is 0 Å². The first-order chi connectivity index (χ1) is 16.0. The highest BCUT2D eigenvalue weighted by molar-refractivity contribution is 7.55. The summed E-state index contributed by atoms with van der Waals surface area (Å²) in [4.78, 5) is 27.4. The summed E-state index contributed by atoms with van der Waals surface area (Å²) in [7, 11) is -2.77. The molecule has 0 aliphatic carbocycles. The van der Waals surface area contributed by atoms with E-state index in [0.29, 0.717) is 17.1 Å². The predicted octanol–water partition coefficient (Wildman–Crippen LogP) is 5.14. The van der Waals surface area contributed by atoms with Crippen molar-refractivity contribution in [3.63, 3.8) is 0 Å². The molecule has 0 saturated carbocycles. The number of rotatable bonds is 7. The summed E-state index contributed by atoms with van der Waals surface area (Å²) in [5.74, 6) is -1.33. The second-order valence-corrected chi connectivity index (χ2v) is 9.56. The zero-order chi connectivity index (χ0) is 23.3. The van der Waals surface area contributed by atoms with Crippen LogP contribution < -0.4 is 9.05 Å². The van der Waals surface area contributed by atoms with E-state index in [1.807, 2.05) is 12.1 Å². The van der Waals surface area contributed by atoms with Crippen LogP contribution in [0.4, 0.5) is 0 Å². The molecule has 4 rings (SSSR count). The number of esters is 1. The Bertz CT molecular complexity index is 1090. The van der Waals surface area contributed by atoms with Crippen molar-refractivity contribution in [1.82, 2.24) is 4.90 Å². The molecule has 8 heteroatoms. The number of carbonyl (C=O) groups excluding carboxylic acids is 2. The largest absolute Gasteiger partial charge is 0.467 e. The molecular weight excluding hydrogens is 441 g/mol. The topological polar surface area (TPSA) is 82.1 Å². The van der Waals surface area contributed by atoms with Crippen LogP contribution in [0.1, 0.15) is 23.2 Å². The van der Waals surface area contributed by atoms with Gasteiger partial charge in [-0.15, -0.1) is 0 Å². The number of ether oxygens (including phenoxy) is 1. The van der Waals surface area contributed by atoms with E-state index in [1.165, 1.54) is 12.0 Å². The standard InChI is InChI=1S/C25H24NO6P/c1-30-25(28)22-17-18-23(26(22)24(27)19-11-5-2-6-12-19)33(29,31-20-13-7-3-8-14-20)32-21-15-9-4-10-16-21/h2-16,22-23H,17-18H2,1H3/t22-,23?/m0/s1. The number of hydrogen-bond donors (Lipinski definition) is 0. The van der Waals surface area contributed by atoms with Gasteiger partial charge in [0.15, 0.2) is 5.78 Å². The molecular formula is C25H24NO6P. The van der Waals surface area contributed by atoms with Gasteiger partial charge in [0.05, 0.1) is 7.11 Å². The Morgan fingerprint density at radius 1 is 0.788 bits per heavy atom. The molecule has 1 amide bonds. The number of nitrogens with zero attached hydrogens (tertiary/aromatic N) is 1. The third kappa shape index (κ3) is 4.94. The summed E-state index contributed by atoms with van der Waals surface area (Å²) in [6, 6.07) is 24.9. The minimum absolute atomic E-state index is 0.245. The first-order valence-electron chi connectivity index (χ1n) is 10.6. The van der Waals surface area contributed by atoms with Crippen LogP contribution in [0.15, 0.2) is 91.0 Å². The summed E-state index contributed by atoms with van der Waals surface area (Å²) < 4.78 is 31.2. The smallest absolute Gasteiger partial charge is 0.453 e. The Hall–Kier alpha value is -3.57. The molecule has 1 aliphatic rings. The molecule has 1 heterocycles. The molecule has 1 aliphatic heterocycles. The number of carbonyl (C=O) groups is 2. The monoisotopic (exact) mass is 465 g/mol. The van der Waals surface area contributed by atoms with Gasteiger partial charge in [-0.3, -0.25) is 4.79 Å². The van der Waals surface area contributed by atoms with Crippen molar-refractivity contribution in [3.05, 3.63) is 96.6 Å². The molecule has 1 saturated heterocycles. The van der Waals surface area contributed by atoms with Gasteiger partial charge in [-0.2, -0.15) is 0 Å². The zero-order valence-corrected chi connectivity index (χ0v) is 19.0. The van der Waals surface area contributed by atoms with Crippen LogP contribution in [0.2, 0.25) is 0 Å². The fourth-order valence-corrected chi connectivity index (χ4v) is 6.02. The predicted molar refractivity (Wildman–Crippen MR) is 123 cm³/mol. The first kappa shape index (κ1) is 22.6. The Kier molecular flexibility index (Phi) is 6.80. The lowest BCUT2D eigenvalue weighted by Gasteiger charge is -2.33. The number of hydrogen-bond acceptors (Lipinski definition) is 6. The normalized spacial score (nSPS) is 17.9. The van der Waals surface area contributed by atoms with Crippen LogP contribution in [0.25, 0.3) is 0 Å². The number of methoxy groups -OCH3 is 1. The third-order valence-corrected chi connectivity index (χ3v) is 7.57. The number of amides is 1. The van der Waals surface area contributed by atoms with Gasteiger partial charge in [-0.1, -0.05) is 54.6 Å². The molecule has 170 valence electrons. The molecule has 0 aromatic heterocycles. The van der Waals surface area contributed by atoms with Gasteiger partial charge < -0.3 is 18.7 Å². The molecule has 1 unspecified atom stereocenters. The maximum absolute atomic E-state index is 14.4. The zero-order valence-electron chi connectivity index (χ0n) is 18.1. The second kappa shape index (κ2) is 9.92. The molecule has 0 radical (unpaired) electrons. The van der Waals surface area contributed by atoms with Crippen molar-refractivity contribution in [2.24, 2.45) is 0 Å². The molecule has 0 spiro atoms. The Balaban J connectivity index is 1.76. The van der Waals surface area contributed by atoms with Gasteiger partial charge in [0.25, 0.3) is 5.91 Å². The fraction of sp³-hybridized carbons (Fsp3) is 0.200. The van der Waals surface area contributed by atoms with Crippen LogP contribution >= 0.6 is 7.60 Å². The SMILES string of the molecule is COC(=O)[C@@H]1CCC(P(=O)(Oc2ccccc2)Oc2ccccc2)N1C(=O)c1ccccc1. The van der Waals surface area contributed by atoms with Crippen molar-refractivity contribution in [2.45, 2.75) is 24.7 Å². The van der Waals surface area contributed by atoms with Crippen molar-refractivity contribution < 1.29 is 27.9 Å². The molecule has 2 atom stereocenters. The molecule has 7 nitrogen and oxygen atoms in total. The lowest BCUT2D eigenvalue weighted by molar-refractivity contribution is -0.145. The molecule has 3 aromatic rings. The quantitative estimate of drug-likeness (QED) is 0.355. The number of benzene rings is 3.